The van der Waals surface area contributed by atoms with Gasteiger partial charge in [0.1, 0.15) is 0 Å². The molecule has 0 spiro atoms. The van der Waals surface area contributed by atoms with Gasteiger partial charge in [-0.15, -0.1) is 0 Å². The van der Waals surface area contributed by atoms with Crippen molar-refractivity contribution in [3.05, 3.63) is 23.8 Å². The molecule has 1 unspecified atom stereocenters. The van der Waals surface area contributed by atoms with Crippen LogP contribution in [0.2, 0.25) is 0 Å². The highest BCUT2D eigenvalue weighted by Crippen LogP contribution is 2.33. The Labute approximate surface area is 127 Å². The summed E-state index contributed by atoms with van der Waals surface area (Å²) >= 11 is 0. The standard InChI is InChI=1S/C17H26N2O2/c1-17(11-18,19-9-7-13-2-3-13)8-6-14-4-5-15-16(10-14)21-12-20-15/h4-5,10,13,19H,2-3,6-9,11-12,18H2,1H3. The Morgan fingerprint density at radius 1 is 1.29 bits per heavy atom. The number of hydrogen-bond donors (Lipinski definition) is 2. The quantitative estimate of drug-likeness (QED) is 0.772. The molecule has 1 atom stereocenters. The maximum atomic E-state index is 5.99. The number of hydrogen-bond acceptors (Lipinski definition) is 4. The Bertz CT molecular complexity index is 488. The summed E-state index contributed by atoms with van der Waals surface area (Å²) in [7, 11) is 0. The van der Waals surface area contributed by atoms with E-state index in [1.54, 1.807) is 0 Å². The van der Waals surface area contributed by atoms with E-state index in [0.717, 1.165) is 36.8 Å². The van der Waals surface area contributed by atoms with Crippen molar-refractivity contribution in [3.8, 4) is 11.5 Å². The van der Waals surface area contributed by atoms with Crippen molar-refractivity contribution >= 4 is 0 Å². The van der Waals surface area contributed by atoms with Gasteiger partial charge in [0.25, 0.3) is 0 Å². The van der Waals surface area contributed by atoms with Gasteiger partial charge in [0.05, 0.1) is 0 Å². The summed E-state index contributed by atoms with van der Waals surface area (Å²) in [6.07, 6.45) is 6.16. The number of rotatable bonds is 8. The van der Waals surface area contributed by atoms with Crippen LogP contribution in [-0.4, -0.2) is 25.4 Å². The van der Waals surface area contributed by atoms with Gasteiger partial charge in [-0.05, 0) is 56.3 Å². The SMILES string of the molecule is CC(CN)(CCc1ccc2c(c1)OCO2)NCCC1CC1. The molecule has 116 valence electrons. The van der Waals surface area contributed by atoms with Gasteiger partial charge in [-0.2, -0.15) is 0 Å². The molecule has 3 rings (SSSR count). The fourth-order valence-corrected chi connectivity index (χ4v) is 2.76. The van der Waals surface area contributed by atoms with Crippen LogP contribution in [-0.2, 0) is 6.42 Å². The highest BCUT2D eigenvalue weighted by atomic mass is 16.7. The minimum absolute atomic E-state index is 0.0191. The van der Waals surface area contributed by atoms with Gasteiger partial charge in [0.15, 0.2) is 11.5 Å². The predicted molar refractivity (Wildman–Crippen MR) is 83.7 cm³/mol. The summed E-state index contributed by atoms with van der Waals surface area (Å²) in [5, 5.41) is 3.66. The van der Waals surface area contributed by atoms with Gasteiger partial charge in [-0.1, -0.05) is 18.9 Å². The van der Waals surface area contributed by atoms with Crippen LogP contribution in [0, 0.1) is 5.92 Å². The van der Waals surface area contributed by atoms with E-state index in [0.29, 0.717) is 13.3 Å². The zero-order valence-electron chi connectivity index (χ0n) is 12.9. The molecule has 3 N–H and O–H groups in total. The normalized spacial score (nSPS) is 19.5. The third kappa shape index (κ3) is 3.89. The lowest BCUT2D eigenvalue weighted by Crippen LogP contribution is -2.49. The van der Waals surface area contributed by atoms with Crippen molar-refractivity contribution in [2.45, 2.75) is 44.6 Å². The molecule has 21 heavy (non-hydrogen) atoms. The van der Waals surface area contributed by atoms with Crippen molar-refractivity contribution in [2.75, 3.05) is 19.9 Å². The largest absolute Gasteiger partial charge is 0.454 e. The molecule has 1 aliphatic carbocycles. The Kier molecular flexibility index (Phi) is 4.36. The van der Waals surface area contributed by atoms with Gasteiger partial charge in [0, 0.05) is 12.1 Å². The van der Waals surface area contributed by atoms with E-state index >= 15 is 0 Å². The van der Waals surface area contributed by atoms with E-state index in [1.807, 2.05) is 6.07 Å². The molecule has 1 aliphatic heterocycles. The Balaban J connectivity index is 1.51. The first-order valence-corrected chi connectivity index (χ1v) is 8.02. The first kappa shape index (κ1) is 14.7. The second kappa shape index (κ2) is 6.24. The van der Waals surface area contributed by atoms with Crippen LogP contribution in [0.1, 0.15) is 38.2 Å². The van der Waals surface area contributed by atoms with E-state index in [-0.39, 0.29) is 5.54 Å². The second-order valence-electron chi connectivity index (χ2n) is 6.61. The topological polar surface area (TPSA) is 56.5 Å². The zero-order valence-corrected chi connectivity index (χ0v) is 12.9. The van der Waals surface area contributed by atoms with Gasteiger partial charge in [0.2, 0.25) is 6.79 Å². The minimum Gasteiger partial charge on any atom is -0.454 e. The molecule has 0 aromatic heterocycles. The Morgan fingerprint density at radius 3 is 2.86 bits per heavy atom. The summed E-state index contributed by atoms with van der Waals surface area (Å²) in [6.45, 7) is 4.32. The van der Waals surface area contributed by atoms with E-state index in [4.69, 9.17) is 15.2 Å². The molecule has 4 heteroatoms. The van der Waals surface area contributed by atoms with Crippen LogP contribution in [0.3, 0.4) is 0 Å². The zero-order chi connectivity index (χ0) is 14.7. The number of benzene rings is 1. The van der Waals surface area contributed by atoms with Gasteiger partial charge >= 0.3 is 0 Å². The maximum absolute atomic E-state index is 5.99. The van der Waals surface area contributed by atoms with Crippen molar-refractivity contribution in [2.24, 2.45) is 11.7 Å². The fraction of sp³-hybridized carbons (Fsp3) is 0.647. The van der Waals surface area contributed by atoms with E-state index in [2.05, 4.69) is 24.4 Å². The number of nitrogens with one attached hydrogen (secondary N) is 1. The van der Waals surface area contributed by atoms with Crippen LogP contribution in [0.15, 0.2) is 18.2 Å². The third-order valence-corrected chi connectivity index (χ3v) is 4.65. The molecule has 0 bridgehead atoms. The fourth-order valence-electron chi connectivity index (χ4n) is 2.76. The van der Waals surface area contributed by atoms with Crippen molar-refractivity contribution in [3.63, 3.8) is 0 Å². The second-order valence-corrected chi connectivity index (χ2v) is 6.61. The van der Waals surface area contributed by atoms with E-state index in [9.17, 15) is 0 Å². The molecule has 0 amide bonds. The summed E-state index contributed by atoms with van der Waals surface area (Å²) in [4.78, 5) is 0. The van der Waals surface area contributed by atoms with Crippen LogP contribution in [0.5, 0.6) is 11.5 Å². The molecule has 4 nitrogen and oxygen atoms in total. The monoisotopic (exact) mass is 290 g/mol. The molecule has 1 fully saturated rings. The molecule has 0 radical (unpaired) electrons. The van der Waals surface area contributed by atoms with Crippen LogP contribution >= 0.6 is 0 Å². The average Bonchev–Trinajstić information content (AvgIpc) is 3.20. The highest BCUT2D eigenvalue weighted by molar-refractivity contribution is 5.44. The molecule has 0 saturated heterocycles. The van der Waals surface area contributed by atoms with Crippen molar-refractivity contribution in [1.82, 2.24) is 5.32 Å². The molecule has 1 heterocycles. The lowest BCUT2D eigenvalue weighted by atomic mass is 9.93. The van der Waals surface area contributed by atoms with E-state index < -0.39 is 0 Å². The average molecular weight is 290 g/mol. The maximum Gasteiger partial charge on any atom is 0.231 e. The molecular formula is C17H26N2O2. The first-order valence-electron chi connectivity index (χ1n) is 8.02. The van der Waals surface area contributed by atoms with Crippen molar-refractivity contribution < 1.29 is 9.47 Å². The van der Waals surface area contributed by atoms with E-state index in [1.165, 1.54) is 24.8 Å². The Morgan fingerprint density at radius 2 is 2.10 bits per heavy atom. The molecule has 1 aromatic rings. The number of aryl methyl sites for hydroxylation is 1. The number of fused-ring (bicyclic) bond motifs is 1. The number of nitrogens with two attached hydrogens (primary N) is 1. The van der Waals surface area contributed by atoms with Gasteiger partial charge in [-0.25, -0.2) is 0 Å². The summed E-state index contributed by atoms with van der Waals surface area (Å²) in [5.74, 6) is 2.68. The molecule has 1 saturated carbocycles. The Hall–Kier alpha value is -1.26. The minimum atomic E-state index is 0.0191. The van der Waals surface area contributed by atoms with Gasteiger partial charge < -0.3 is 20.5 Å². The summed E-state index contributed by atoms with van der Waals surface area (Å²) < 4.78 is 10.8. The smallest absolute Gasteiger partial charge is 0.231 e. The van der Waals surface area contributed by atoms with Crippen molar-refractivity contribution in [1.29, 1.82) is 0 Å². The van der Waals surface area contributed by atoms with Gasteiger partial charge in [-0.3, -0.25) is 0 Å². The van der Waals surface area contributed by atoms with Crippen LogP contribution in [0.4, 0.5) is 0 Å². The molecule has 2 aliphatic rings. The first-order chi connectivity index (χ1) is 10.2. The lowest BCUT2D eigenvalue weighted by molar-refractivity contribution is 0.174. The lowest BCUT2D eigenvalue weighted by Gasteiger charge is -2.30. The number of ether oxygens (including phenoxy) is 2. The highest BCUT2D eigenvalue weighted by Gasteiger charge is 2.25. The van der Waals surface area contributed by atoms with Crippen LogP contribution in [0.25, 0.3) is 0 Å². The molecular weight excluding hydrogens is 264 g/mol. The van der Waals surface area contributed by atoms with Crippen LogP contribution < -0.4 is 20.5 Å². The summed E-state index contributed by atoms with van der Waals surface area (Å²) in [5.41, 5.74) is 7.29. The predicted octanol–water partition coefficient (Wildman–Crippen LogP) is 2.46. The summed E-state index contributed by atoms with van der Waals surface area (Å²) in [6, 6.07) is 6.20. The third-order valence-electron chi connectivity index (χ3n) is 4.65. The molecule has 1 aromatic carbocycles.